The highest BCUT2D eigenvalue weighted by molar-refractivity contribution is 5.15. The van der Waals surface area contributed by atoms with Gasteiger partial charge in [-0.3, -0.25) is 9.58 Å². The van der Waals surface area contributed by atoms with E-state index >= 15 is 0 Å². The molecule has 4 heteroatoms. The van der Waals surface area contributed by atoms with Crippen molar-refractivity contribution < 1.29 is 0 Å². The Morgan fingerprint density at radius 2 is 2.28 bits per heavy atom. The van der Waals surface area contributed by atoms with Crippen LogP contribution in [-0.4, -0.2) is 39.9 Å². The third-order valence-corrected chi connectivity index (χ3v) is 4.17. The van der Waals surface area contributed by atoms with Gasteiger partial charge in [0.25, 0.3) is 0 Å². The van der Waals surface area contributed by atoms with Crippen molar-refractivity contribution in [3.8, 4) is 0 Å². The number of nitrogens with one attached hydrogen (secondary N) is 1. The van der Waals surface area contributed by atoms with Gasteiger partial charge in [-0.1, -0.05) is 0 Å². The van der Waals surface area contributed by atoms with Gasteiger partial charge in [0.05, 0.1) is 5.69 Å². The largest absolute Gasteiger partial charge is 0.313 e. The van der Waals surface area contributed by atoms with Crippen LogP contribution in [0.5, 0.6) is 0 Å². The van der Waals surface area contributed by atoms with Crippen LogP contribution in [0.25, 0.3) is 0 Å². The summed E-state index contributed by atoms with van der Waals surface area (Å²) in [6, 6.07) is 1.54. The number of aryl methyl sites for hydroxylation is 2. The van der Waals surface area contributed by atoms with Crippen molar-refractivity contribution in [3.63, 3.8) is 0 Å². The van der Waals surface area contributed by atoms with Crippen molar-refractivity contribution in [2.45, 2.75) is 51.2 Å². The molecule has 0 radical (unpaired) electrons. The number of aromatic nitrogens is 2. The zero-order valence-electron chi connectivity index (χ0n) is 11.5. The quantitative estimate of drug-likeness (QED) is 0.856. The van der Waals surface area contributed by atoms with Gasteiger partial charge < -0.3 is 5.32 Å². The van der Waals surface area contributed by atoms with E-state index in [1.165, 1.54) is 50.0 Å². The fourth-order valence-corrected chi connectivity index (χ4v) is 3.00. The van der Waals surface area contributed by atoms with E-state index in [0.29, 0.717) is 6.04 Å². The molecule has 0 spiro atoms. The predicted octanol–water partition coefficient (Wildman–Crippen LogP) is 1.44. The normalized spacial score (nSPS) is 24.1. The summed E-state index contributed by atoms with van der Waals surface area (Å²) in [5, 5.41) is 8.06. The monoisotopic (exact) mass is 248 g/mol. The van der Waals surface area contributed by atoms with Crippen LogP contribution >= 0.6 is 0 Å². The molecule has 100 valence electrons. The minimum Gasteiger partial charge on any atom is -0.313 e. The highest BCUT2D eigenvalue weighted by Gasteiger charge is 2.31. The fourth-order valence-electron chi connectivity index (χ4n) is 3.00. The van der Waals surface area contributed by atoms with E-state index in [1.54, 1.807) is 0 Å². The van der Waals surface area contributed by atoms with Crippen molar-refractivity contribution in [2.75, 3.05) is 13.1 Å². The Kier molecular flexibility index (Phi) is 3.39. The van der Waals surface area contributed by atoms with E-state index in [1.807, 2.05) is 11.7 Å². The first-order valence-electron chi connectivity index (χ1n) is 7.19. The molecule has 2 heterocycles. The summed E-state index contributed by atoms with van der Waals surface area (Å²) >= 11 is 0. The predicted molar refractivity (Wildman–Crippen MR) is 72.4 cm³/mol. The average Bonchev–Trinajstić information content (AvgIpc) is 2.96. The third kappa shape index (κ3) is 2.75. The maximum atomic E-state index is 4.45. The molecule has 0 bridgehead atoms. The fraction of sp³-hybridized carbons (Fsp3) is 0.786. The molecule has 0 amide bonds. The summed E-state index contributed by atoms with van der Waals surface area (Å²) in [6.07, 6.45) is 7.62. The van der Waals surface area contributed by atoms with Crippen molar-refractivity contribution in [2.24, 2.45) is 7.05 Å². The molecule has 0 unspecified atom stereocenters. The topological polar surface area (TPSA) is 33.1 Å². The second-order valence-corrected chi connectivity index (χ2v) is 5.87. The summed E-state index contributed by atoms with van der Waals surface area (Å²) in [7, 11) is 2.01. The molecule has 1 saturated carbocycles. The number of nitrogens with zero attached hydrogens (tertiary/aromatic N) is 3. The first-order chi connectivity index (χ1) is 8.72. The number of hydrogen-bond donors (Lipinski definition) is 1. The minimum absolute atomic E-state index is 0.711. The Morgan fingerprint density at radius 1 is 1.44 bits per heavy atom. The van der Waals surface area contributed by atoms with Crippen molar-refractivity contribution in [1.82, 2.24) is 20.0 Å². The molecule has 1 aliphatic heterocycles. The maximum absolute atomic E-state index is 4.45. The lowest BCUT2D eigenvalue weighted by Crippen LogP contribution is -2.38. The van der Waals surface area contributed by atoms with Crippen LogP contribution in [0, 0.1) is 6.92 Å². The van der Waals surface area contributed by atoms with Crippen LogP contribution in [0.1, 0.15) is 36.9 Å². The van der Waals surface area contributed by atoms with Gasteiger partial charge in [-0.2, -0.15) is 5.10 Å². The lowest BCUT2D eigenvalue weighted by molar-refractivity contribution is 0.231. The highest BCUT2D eigenvalue weighted by atomic mass is 15.3. The Labute approximate surface area is 109 Å². The molecular formula is C14H24N4. The lowest BCUT2D eigenvalue weighted by atomic mass is 10.2. The SMILES string of the molecule is Cc1nn(C)cc1CN(C[C@@H]1CCCN1)C1CC1. The molecule has 1 aromatic rings. The number of rotatable bonds is 5. The highest BCUT2D eigenvalue weighted by Crippen LogP contribution is 2.29. The summed E-state index contributed by atoms with van der Waals surface area (Å²) in [4.78, 5) is 2.66. The van der Waals surface area contributed by atoms with Crippen molar-refractivity contribution in [1.29, 1.82) is 0 Å². The van der Waals surface area contributed by atoms with Gasteiger partial charge in [-0.05, 0) is 39.2 Å². The molecule has 2 aliphatic rings. The van der Waals surface area contributed by atoms with E-state index < -0.39 is 0 Å². The second-order valence-electron chi connectivity index (χ2n) is 5.87. The molecule has 0 aromatic carbocycles. The first-order valence-corrected chi connectivity index (χ1v) is 7.19. The van der Waals surface area contributed by atoms with Gasteiger partial charge in [-0.15, -0.1) is 0 Å². The van der Waals surface area contributed by atoms with Crippen molar-refractivity contribution >= 4 is 0 Å². The molecule has 18 heavy (non-hydrogen) atoms. The molecule has 4 nitrogen and oxygen atoms in total. The van der Waals surface area contributed by atoms with Gasteiger partial charge >= 0.3 is 0 Å². The maximum Gasteiger partial charge on any atom is 0.0638 e. The smallest absolute Gasteiger partial charge is 0.0638 e. The van der Waals surface area contributed by atoms with Crippen molar-refractivity contribution in [3.05, 3.63) is 17.5 Å². The molecule has 1 atom stereocenters. The molecule has 2 fully saturated rings. The Hall–Kier alpha value is -0.870. The van der Waals surface area contributed by atoms with Gasteiger partial charge in [0.2, 0.25) is 0 Å². The molecular weight excluding hydrogens is 224 g/mol. The molecule has 1 N–H and O–H groups in total. The van der Waals surface area contributed by atoms with Gasteiger partial charge in [0.15, 0.2) is 0 Å². The standard InChI is InChI=1S/C14H24N4/c1-11-12(8-17(2)16-11)9-18(14-5-6-14)10-13-4-3-7-15-13/h8,13-15H,3-7,9-10H2,1-2H3/t13-/m0/s1. The Balaban J connectivity index is 1.64. The van der Waals surface area contributed by atoms with Crippen LogP contribution < -0.4 is 5.32 Å². The Morgan fingerprint density at radius 3 is 2.83 bits per heavy atom. The van der Waals surface area contributed by atoms with Gasteiger partial charge in [0, 0.05) is 44.0 Å². The second kappa shape index (κ2) is 5.02. The summed E-state index contributed by atoms with van der Waals surface area (Å²) < 4.78 is 1.93. The zero-order valence-corrected chi connectivity index (χ0v) is 11.5. The Bertz CT molecular complexity index is 402. The van der Waals surface area contributed by atoms with Crippen LogP contribution in [0.2, 0.25) is 0 Å². The molecule has 3 rings (SSSR count). The summed E-state index contributed by atoms with van der Waals surface area (Å²) in [6.45, 7) is 5.60. The van der Waals surface area contributed by atoms with E-state index in [0.717, 1.165) is 12.6 Å². The minimum atomic E-state index is 0.711. The number of hydrogen-bond acceptors (Lipinski definition) is 3. The van der Waals surface area contributed by atoms with Crippen LogP contribution in [0.4, 0.5) is 0 Å². The average molecular weight is 248 g/mol. The lowest BCUT2D eigenvalue weighted by Gasteiger charge is -2.25. The van der Waals surface area contributed by atoms with Gasteiger partial charge in [-0.25, -0.2) is 0 Å². The van der Waals surface area contributed by atoms with E-state index in [-0.39, 0.29) is 0 Å². The van der Waals surface area contributed by atoms with E-state index in [4.69, 9.17) is 0 Å². The van der Waals surface area contributed by atoms with Crippen LogP contribution in [0.15, 0.2) is 6.20 Å². The van der Waals surface area contributed by atoms with Crippen LogP contribution in [-0.2, 0) is 13.6 Å². The first kappa shape index (κ1) is 12.2. The third-order valence-electron chi connectivity index (χ3n) is 4.17. The van der Waals surface area contributed by atoms with Crippen LogP contribution in [0.3, 0.4) is 0 Å². The zero-order chi connectivity index (χ0) is 12.5. The summed E-state index contributed by atoms with van der Waals surface area (Å²) in [5.41, 5.74) is 2.57. The molecule has 1 aliphatic carbocycles. The van der Waals surface area contributed by atoms with Gasteiger partial charge in [0.1, 0.15) is 0 Å². The molecule has 1 saturated heterocycles. The summed E-state index contributed by atoms with van der Waals surface area (Å²) in [5.74, 6) is 0. The van der Waals surface area contributed by atoms with E-state index in [9.17, 15) is 0 Å². The van der Waals surface area contributed by atoms with E-state index in [2.05, 4.69) is 28.4 Å². The molecule has 1 aromatic heterocycles.